The summed E-state index contributed by atoms with van der Waals surface area (Å²) in [5, 5.41) is 17.2. The van der Waals surface area contributed by atoms with Gasteiger partial charge < -0.3 is 10.8 Å². The Hall–Kier alpha value is -1.42. The molecule has 0 aliphatic heterocycles. The molecule has 0 aromatic heterocycles. The maximum absolute atomic E-state index is 11.5. The minimum Gasteiger partial charge on any atom is -0.394 e. The lowest BCUT2D eigenvalue weighted by Crippen LogP contribution is -2.14. The second-order valence-corrected chi connectivity index (χ2v) is 5.26. The second-order valence-electron chi connectivity index (χ2n) is 3.28. The lowest BCUT2D eigenvalue weighted by Gasteiger charge is -2.08. The van der Waals surface area contributed by atoms with Crippen LogP contribution < -0.4 is 5.73 Å². The molecule has 86 valence electrons. The van der Waals surface area contributed by atoms with Gasteiger partial charge in [0.1, 0.15) is 5.75 Å². The van der Waals surface area contributed by atoms with Gasteiger partial charge in [0.05, 0.1) is 23.6 Å². The predicted molar refractivity (Wildman–Crippen MR) is 58.1 cm³/mol. The predicted octanol–water partition coefficient (Wildman–Crippen LogP) is -0.0240. The van der Waals surface area contributed by atoms with Crippen molar-refractivity contribution >= 4 is 9.84 Å². The van der Waals surface area contributed by atoms with Gasteiger partial charge in [-0.15, -0.1) is 0 Å². The van der Waals surface area contributed by atoms with Crippen LogP contribution in [0.2, 0.25) is 0 Å². The van der Waals surface area contributed by atoms with E-state index in [0.29, 0.717) is 5.56 Å². The Labute approximate surface area is 94.0 Å². The smallest absolute Gasteiger partial charge is 0.191 e. The third-order valence-corrected chi connectivity index (χ3v) is 3.62. The summed E-state index contributed by atoms with van der Waals surface area (Å²) in [7, 11) is -3.52. The Morgan fingerprint density at radius 1 is 1.38 bits per heavy atom. The van der Waals surface area contributed by atoms with Crippen LogP contribution in [0.3, 0.4) is 0 Å². The fourth-order valence-electron chi connectivity index (χ4n) is 1.20. The maximum atomic E-state index is 11.5. The van der Waals surface area contributed by atoms with Crippen LogP contribution >= 0.6 is 0 Å². The van der Waals surface area contributed by atoms with Crippen LogP contribution in [-0.4, -0.2) is 25.9 Å². The van der Waals surface area contributed by atoms with Crippen molar-refractivity contribution in [3.8, 4) is 6.07 Å². The summed E-state index contributed by atoms with van der Waals surface area (Å²) in [5.74, 6) is -0.543. The van der Waals surface area contributed by atoms with E-state index >= 15 is 0 Å². The van der Waals surface area contributed by atoms with Crippen molar-refractivity contribution < 1.29 is 13.5 Å². The molecule has 6 heteroatoms. The van der Waals surface area contributed by atoms with E-state index in [1.807, 2.05) is 0 Å². The first kappa shape index (κ1) is 12.6. The van der Waals surface area contributed by atoms with E-state index in [0.717, 1.165) is 0 Å². The zero-order chi connectivity index (χ0) is 12.2. The first-order chi connectivity index (χ1) is 7.51. The van der Waals surface area contributed by atoms with Crippen molar-refractivity contribution in [1.29, 1.82) is 5.26 Å². The van der Waals surface area contributed by atoms with Gasteiger partial charge >= 0.3 is 0 Å². The molecule has 0 spiro atoms. The topological polar surface area (TPSA) is 104 Å². The summed E-state index contributed by atoms with van der Waals surface area (Å²) in [5.41, 5.74) is 6.21. The number of nitrogens with two attached hydrogens (primary N) is 1. The van der Waals surface area contributed by atoms with Crippen molar-refractivity contribution in [2.75, 3.05) is 12.4 Å². The molecule has 0 heterocycles. The lowest BCUT2D eigenvalue weighted by molar-refractivity contribution is 0.268. The summed E-state index contributed by atoms with van der Waals surface area (Å²) in [6, 6.07) is 6.92. The average Bonchev–Trinajstić information content (AvgIpc) is 2.28. The zero-order valence-corrected chi connectivity index (χ0v) is 9.31. The Morgan fingerprint density at radius 2 is 1.94 bits per heavy atom. The van der Waals surface area contributed by atoms with Gasteiger partial charge in [0, 0.05) is 0 Å². The molecule has 0 fully saturated rings. The molecular weight excluding hydrogens is 228 g/mol. The van der Waals surface area contributed by atoms with E-state index in [-0.39, 0.29) is 11.5 Å². The highest BCUT2D eigenvalue weighted by Crippen LogP contribution is 2.15. The number of benzene rings is 1. The Balaban J connectivity index is 3.01. The van der Waals surface area contributed by atoms with Crippen molar-refractivity contribution in [1.82, 2.24) is 0 Å². The van der Waals surface area contributed by atoms with Gasteiger partial charge in [-0.25, -0.2) is 8.42 Å². The maximum Gasteiger partial charge on any atom is 0.191 e. The van der Waals surface area contributed by atoms with Crippen LogP contribution in [0.25, 0.3) is 0 Å². The molecule has 0 aliphatic carbocycles. The highest BCUT2D eigenvalue weighted by atomic mass is 32.2. The molecule has 0 saturated carbocycles. The average molecular weight is 240 g/mol. The van der Waals surface area contributed by atoms with Gasteiger partial charge in [-0.1, -0.05) is 12.1 Å². The number of nitrogens with zero attached hydrogens (tertiary/aromatic N) is 1. The minimum absolute atomic E-state index is 0.0861. The van der Waals surface area contributed by atoms with Crippen LogP contribution in [0.15, 0.2) is 29.2 Å². The summed E-state index contributed by atoms with van der Waals surface area (Å²) in [6.45, 7) is -0.204. The second kappa shape index (κ2) is 5.07. The number of rotatable bonds is 4. The van der Waals surface area contributed by atoms with Gasteiger partial charge in [-0.2, -0.15) is 5.26 Å². The van der Waals surface area contributed by atoms with Gasteiger partial charge in [0.25, 0.3) is 0 Å². The largest absolute Gasteiger partial charge is 0.394 e. The first-order valence-electron chi connectivity index (χ1n) is 4.57. The lowest BCUT2D eigenvalue weighted by atomic mass is 10.1. The molecule has 3 N–H and O–H groups in total. The summed E-state index contributed by atoms with van der Waals surface area (Å²) >= 11 is 0. The molecule has 0 saturated heterocycles. The van der Waals surface area contributed by atoms with E-state index in [1.165, 1.54) is 24.3 Å². The quantitative estimate of drug-likeness (QED) is 0.769. The fraction of sp³-hybridized carbons (Fsp3) is 0.300. The van der Waals surface area contributed by atoms with E-state index < -0.39 is 21.6 Å². The molecular formula is C10H12N2O3S. The van der Waals surface area contributed by atoms with Crippen LogP contribution in [0, 0.1) is 11.3 Å². The van der Waals surface area contributed by atoms with E-state index in [1.54, 1.807) is 6.07 Å². The van der Waals surface area contributed by atoms with Gasteiger partial charge in [0.15, 0.2) is 9.84 Å². The SMILES string of the molecule is N#CCS(=O)(=O)c1ccc([C@H](N)CO)cc1. The third kappa shape index (κ3) is 2.79. The van der Waals surface area contributed by atoms with Crippen molar-refractivity contribution in [2.45, 2.75) is 10.9 Å². The van der Waals surface area contributed by atoms with Crippen LogP contribution in [0.5, 0.6) is 0 Å². The summed E-state index contributed by atoms with van der Waals surface area (Å²) in [6.07, 6.45) is 0. The molecule has 0 unspecified atom stereocenters. The summed E-state index contributed by atoms with van der Waals surface area (Å²) in [4.78, 5) is 0.0861. The number of aliphatic hydroxyl groups is 1. The van der Waals surface area contributed by atoms with Crippen LogP contribution in [0.1, 0.15) is 11.6 Å². The number of nitriles is 1. The van der Waals surface area contributed by atoms with E-state index in [4.69, 9.17) is 16.1 Å². The standard InChI is InChI=1S/C10H12N2O3S/c11-5-6-16(14,15)9-3-1-8(2-4-9)10(12)7-13/h1-4,10,13H,6-7,12H2/t10-/m1/s1. The minimum atomic E-state index is -3.52. The van der Waals surface area contributed by atoms with E-state index in [9.17, 15) is 8.42 Å². The molecule has 1 aromatic carbocycles. The Kier molecular flexibility index (Phi) is 4.01. The van der Waals surface area contributed by atoms with Gasteiger partial charge in [0.2, 0.25) is 0 Å². The van der Waals surface area contributed by atoms with Gasteiger partial charge in [-0.3, -0.25) is 0 Å². The third-order valence-electron chi connectivity index (χ3n) is 2.12. The Bertz CT molecular complexity index is 488. The first-order valence-corrected chi connectivity index (χ1v) is 6.22. The highest BCUT2D eigenvalue weighted by molar-refractivity contribution is 7.91. The molecule has 0 radical (unpaired) electrons. The fourth-order valence-corrected chi connectivity index (χ4v) is 2.08. The van der Waals surface area contributed by atoms with Crippen LogP contribution in [0.4, 0.5) is 0 Å². The molecule has 16 heavy (non-hydrogen) atoms. The normalized spacial score (nSPS) is 13.1. The number of aliphatic hydroxyl groups excluding tert-OH is 1. The monoisotopic (exact) mass is 240 g/mol. The number of sulfone groups is 1. The molecule has 0 amide bonds. The summed E-state index contributed by atoms with van der Waals surface area (Å²) < 4.78 is 23.0. The van der Waals surface area contributed by atoms with Gasteiger partial charge in [-0.05, 0) is 17.7 Å². The number of hydrogen-bond acceptors (Lipinski definition) is 5. The van der Waals surface area contributed by atoms with Crippen molar-refractivity contribution in [3.63, 3.8) is 0 Å². The molecule has 1 rings (SSSR count). The van der Waals surface area contributed by atoms with E-state index in [2.05, 4.69) is 0 Å². The number of hydrogen-bond donors (Lipinski definition) is 2. The molecule has 5 nitrogen and oxygen atoms in total. The van der Waals surface area contributed by atoms with Crippen molar-refractivity contribution in [2.24, 2.45) is 5.73 Å². The Morgan fingerprint density at radius 3 is 2.38 bits per heavy atom. The molecule has 0 bridgehead atoms. The molecule has 0 aliphatic rings. The zero-order valence-electron chi connectivity index (χ0n) is 8.50. The molecule has 1 aromatic rings. The molecule has 1 atom stereocenters. The highest BCUT2D eigenvalue weighted by Gasteiger charge is 2.14. The van der Waals surface area contributed by atoms with Crippen molar-refractivity contribution in [3.05, 3.63) is 29.8 Å². The van der Waals surface area contributed by atoms with Crippen LogP contribution in [-0.2, 0) is 9.84 Å².